The van der Waals surface area contributed by atoms with E-state index in [1.54, 1.807) is 37.3 Å². The SMILES string of the molecule is CCOc1ccc(N(C)S(=O)(=O)c2ccc(C)c(C(=O)Nc3nc4c(C)cc(C)cc4s3)c2)cc1. The zero-order chi connectivity index (χ0) is 25.3. The third kappa shape index (κ3) is 5.01. The van der Waals surface area contributed by atoms with Gasteiger partial charge in [0.1, 0.15) is 5.75 Å². The monoisotopic (exact) mass is 509 g/mol. The number of nitrogens with zero attached hydrogens (tertiary/aromatic N) is 2. The number of ether oxygens (including phenoxy) is 1. The molecule has 0 unspecified atom stereocenters. The summed E-state index contributed by atoms with van der Waals surface area (Å²) in [5.41, 5.74) is 4.44. The molecule has 0 saturated heterocycles. The molecule has 0 aliphatic rings. The molecule has 9 heteroatoms. The van der Waals surface area contributed by atoms with Gasteiger partial charge in [-0.25, -0.2) is 13.4 Å². The van der Waals surface area contributed by atoms with Gasteiger partial charge in [0.15, 0.2) is 5.13 Å². The zero-order valence-corrected chi connectivity index (χ0v) is 21.9. The summed E-state index contributed by atoms with van der Waals surface area (Å²) in [7, 11) is -2.41. The van der Waals surface area contributed by atoms with Crippen LogP contribution in [0.15, 0.2) is 59.5 Å². The van der Waals surface area contributed by atoms with Gasteiger partial charge >= 0.3 is 0 Å². The van der Waals surface area contributed by atoms with Gasteiger partial charge in [-0.3, -0.25) is 14.4 Å². The Kier molecular flexibility index (Phi) is 6.82. The number of sulfonamides is 1. The van der Waals surface area contributed by atoms with Gasteiger partial charge in [0.2, 0.25) is 0 Å². The lowest BCUT2D eigenvalue weighted by atomic mass is 10.1. The number of rotatable bonds is 7. The van der Waals surface area contributed by atoms with Crippen molar-refractivity contribution < 1.29 is 17.9 Å². The van der Waals surface area contributed by atoms with Crippen molar-refractivity contribution in [2.24, 2.45) is 0 Å². The van der Waals surface area contributed by atoms with E-state index in [4.69, 9.17) is 4.74 Å². The van der Waals surface area contributed by atoms with Crippen molar-refractivity contribution in [3.8, 4) is 5.75 Å². The molecule has 4 aromatic rings. The molecule has 1 amide bonds. The second kappa shape index (κ2) is 9.67. The summed E-state index contributed by atoms with van der Waals surface area (Å²) in [6.07, 6.45) is 0. The van der Waals surface area contributed by atoms with E-state index in [9.17, 15) is 13.2 Å². The summed E-state index contributed by atoms with van der Waals surface area (Å²) in [6.45, 7) is 8.18. The van der Waals surface area contributed by atoms with Gasteiger partial charge in [-0.15, -0.1) is 0 Å². The van der Waals surface area contributed by atoms with Crippen LogP contribution >= 0.6 is 11.3 Å². The summed E-state index contributed by atoms with van der Waals surface area (Å²) in [4.78, 5) is 17.7. The lowest BCUT2D eigenvalue weighted by Gasteiger charge is -2.20. The molecule has 0 radical (unpaired) electrons. The summed E-state index contributed by atoms with van der Waals surface area (Å²) >= 11 is 1.39. The number of hydrogen-bond acceptors (Lipinski definition) is 6. The van der Waals surface area contributed by atoms with Gasteiger partial charge in [-0.1, -0.05) is 23.5 Å². The van der Waals surface area contributed by atoms with Crippen LogP contribution in [-0.2, 0) is 10.0 Å². The molecular formula is C26H27N3O4S2. The van der Waals surface area contributed by atoms with Crippen molar-refractivity contribution >= 4 is 48.3 Å². The molecule has 0 bridgehead atoms. The highest BCUT2D eigenvalue weighted by atomic mass is 32.2. The highest BCUT2D eigenvalue weighted by Crippen LogP contribution is 2.30. The molecule has 0 fully saturated rings. The quantitative estimate of drug-likeness (QED) is 0.345. The number of nitrogens with one attached hydrogen (secondary N) is 1. The molecule has 35 heavy (non-hydrogen) atoms. The fraction of sp³-hybridized carbons (Fsp3) is 0.231. The van der Waals surface area contributed by atoms with Crippen LogP contribution in [0.25, 0.3) is 10.2 Å². The lowest BCUT2D eigenvalue weighted by molar-refractivity contribution is 0.102. The standard InChI is InChI=1S/C26H27N3O4S2/c1-6-33-20-10-8-19(9-11-20)29(5)35(31,32)21-12-7-17(3)22(15-21)25(30)28-26-27-24-18(4)13-16(2)14-23(24)34-26/h7-15H,6H2,1-5H3,(H,27,28,30). The van der Waals surface area contributed by atoms with E-state index in [1.165, 1.54) is 34.8 Å². The number of carbonyl (C=O) groups excluding carboxylic acids is 1. The molecule has 4 rings (SSSR count). The second-order valence-corrected chi connectivity index (χ2v) is 11.3. The summed E-state index contributed by atoms with van der Waals surface area (Å²) in [6, 6.07) is 15.4. The maximum Gasteiger partial charge on any atom is 0.264 e. The van der Waals surface area contributed by atoms with Crippen LogP contribution in [0.3, 0.4) is 0 Å². The molecule has 0 spiro atoms. The van der Waals surface area contributed by atoms with Crippen molar-refractivity contribution in [1.82, 2.24) is 4.98 Å². The number of thiazole rings is 1. The Morgan fingerprint density at radius 2 is 1.74 bits per heavy atom. The minimum Gasteiger partial charge on any atom is -0.494 e. The third-order valence-corrected chi connectivity index (χ3v) is 8.37. The number of amides is 1. The Balaban J connectivity index is 1.61. The van der Waals surface area contributed by atoms with E-state index in [1.807, 2.05) is 32.9 Å². The molecule has 1 N–H and O–H groups in total. The summed E-state index contributed by atoms with van der Waals surface area (Å²) < 4.78 is 34.3. The average molecular weight is 510 g/mol. The fourth-order valence-corrected chi connectivity index (χ4v) is 6.07. The fourth-order valence-electron chi connectivity index (χ4n) is 3.81. The van der Waals surface area contributed by atoms with Crippen LogP contribution in [0.4, 0.5) is 10.8 Å². The van der Waals surface area contributed by atoms with E-state index in [2.05, 4.69) is 10.3 Å². The van der Waals surface area contributed by atoms with Crippen molar-refractivity contribution in [2.45, 2.75) is 32.6 Å². The number of carbonyl (C=O) groups is 1. The van der Waals surface area contributed by atoms with E-state index in [0.717, 1.165) is 21.3 Å². The number of aryl methyl sites for hydroxylation is 3. The summed E-state index contributed by atoms with van der Waals surface area (Å²) in [5, 5.41) is 3.31. The van der Waals surface area contributed by atoms with Crippen LogP contribution in [0.5, 0.6) is 5.75 Å². The maximum absolute atomic E-state index is 13.3. The Hall–Kier alpha value is -3.43. The molecule has 0 aliphatic heterocycles. The molecular weight excluding hydrogens is 482 g/mol. The van der Waals surface area contributed by atoms with Gasteiger partial charge in [-0.05, 0) is 86.8 Å². The largest absolute Gasteiger partial charge is 0.494 e. The van der Waals surface area contributed by atoms with E-state index < -0.39 is 15.9 Å². The molecule has 7 nitrogen and oxygen atoms in total. The number of hydrogen-bond donors (Lipinski definition) is 1. The predicted octanol–water partition coefficient (Wildman–Crippen LogP) is 5.70. The Bertz CT molecular complexity index is 1510. The van der Waals surface area contributed by atoms with Crippen LogP contribution < -0.4 is 14.4 Å². The minimum atomic E-state index is -3.89. The average Bonchev–Trinajstić information content (AvgIpc) is 3.22. The van der Waals surface area contributed by atoms with Crippen molar-refractivity contribution in [1.29, 1.82) is 0 Å². The van der Waals surface area contributed by atoms with Gasteiger partial charge in [-0.2, -0.15) is 0 Å². The van der Waals surface area contributed by atoms with E-state index >= 15 is 0 Å². The van der Waals surface area contributed by atoms with E-state index in [0.29, 0.717) is 28.7 Å². The molecule has 1 aromatic heterocycles. The summed E-state index contributed by atoms with van der Waals surface area (Å²) in [5.74, 6) is 0.258. The number of aromatic nitrogens is 1. The number of benzene rings is 3. The van der Waals surface area contributed by atoms with Gasteiger partial charge < -0.3 is 4.74 Å². The number of anilines is 2. The third-order valence-electron chi connectivity index (χ3n) is 5.67. The normalized spacial score (nSPS) is 11.5. The predicted molar refractivity (Wildman–Crippen MR) is 141 cm³/mol. The van der Waals surface area contributed by atoms with Gasteiger partial charge in [0.25, 0.3) is 15.9 Å². The smallest absolute Gasteiger partial charge is 0.264 e. The highest BCUT2D eigenvalue weighted by molar-refractivity contribution is 7.92. The zero-order valence-electron chi connectivity index (χ0n) is 20.2. The van der Waals surface area contributed by atoms with Gasteiger partial charge in [0.05, 0.1) is 27.4 Å². The molecule has 0 aliphatic carbocycles. The van der Waals surface area contributed by atoms with E-state index in [-0.39, 0.29) is 10.5 Å². The molecule has 3 aromatic carbocycles. The first kappa shape index (κ1) is 24.7. The first-order valence-electron chi connectivity index (χ1n) is 11.1. The molecule has 0 atom stereocenters. The topological polar surface area (TPSA) is 88.6 Å². The van der Waals surface area contributed by atoms with Crippen LogP contribution in [-0.4, -0.2) is 33.0 Å². The van der Waals surface area contributed by atoms with Gasteiger partial charge in [0, 0.05) is 12.6 Å². The Labute approximate surface area is 209 Å². The number of fused-ring (bicyclic) bond motifs is 1. The lowest BCUT2D eigenvalue weighted by Crippen LogP contribution is -2.27. The van der Waals surface area contributed by atoms with Crippen molar-refractivity contribution in [3.63, 3.8) is 0 Å². The van der Waals surface area contributed by atoms with Crippen molar-refractivity contribution in [3.05, 3.63) is 76.9 Å². The second-order valence-electron chi connectivity index (χ2n) is 8.28. The minimum absolute atomic E-state index is 0.0282. The van der Waals surface area contributed by atoms with Crippen LogP contribution in [0, 0.1) is 20.8 Å². The van der Waals surface area contributed by atoms with Crippen molar-refractivity contribution in [2.75, 3.05) is 23.3 Å². The first-order valence-corrected chi connectivity index (χ1v) is 13.4. The molecule has 182 valence electrons. The Morgan fingerprint density at radius 3 is 2.43 bits per heavy atom. The van der Waals surface area contributed by atoms with Crippen LogP contribution in [0.2, 0.25) is 0 Å². The maximum atomic E-state index is 13.3. The highest BCUT2D eigenvalue weighted by Gasteiger charge is 2.24. The van der Waals surface area contributed by atoms with Crippen LogP contribution in [0.1, 0.15) is 34.0 Å². The Morgan fingerprint density at radius 1 is 1.03 bits per heavy atom. The molecule has 0 saturated carbocycles. The first-order chi connectivity index (χ1) is 16.6. The molecule has 1 heterocycles.